The lowest BCUT2D eigenvalue weighted by molar-refractivity contribution is -0.268. The first-order valence-electron chi connectivity index (χ1n) is 12.0. The second kappa shape index (κ2) is 12.9. The second-order valence-corrected chi connectivity index (χ2v) is 12.4. The van der Waals surface area contributed by atoms with E-state index in [1.165, 1.54) is 11.8 Å². The van der Waals surface area contributed by atoms with Crippen molar-refractivity contribution in [3.05, 3.63) is 95.1 Å². The molecule has 0 aromatic heterocycles. The van der Waals surface area contributed by atoms with Crippen molar-refractivity contribution in [3.63, 3.8) is 0 Å². The number of carbonyl (C=O) groups is 2. The van der Waals surface area contributed by atoms with Gasteiger partial charge in [0.15, 0.2) is 6.29 Å². The fraction of sp³-hybridized carbons (Fsp3) is 0.286. The number of carboxylic acid groups (broad SMARTS) is 1. The summed E-state index contributed by atoms with van der Waals surface area (Å²) in [5, 5.41) is 21.6. The van der Waals surface area contributed by atoms with E-state index in [1.54, 1.807) is 42.5 Å². The monoisotopic (exact) mass is 609 g/mol. The molecule has 3 aromatic carbocycles. The summed E-state index contributed by atoms with van der Waals surface area (Å²) in [4.78, 5) is 24.5. The zero-order chi connectivity index (χ0) is 28.2. The quantitative estimate of drug-likeness (QED) is 0.191. The third-order valence-electron chi connectivity index (χ3n) is 6.32. The number of amides is 1. The van der Waals surface area contributed by atoms with Crippen LogP contribution in [0.3, 0.4) is 0 Å². The number of carbonyl (C=O) groups excluding carboxylic acids is 1. The molecule has 1 saturated heterocycles. The molecule has 0 radical (unpaired) electrons. The summed E-state index contributed by atoms with van der Waals surface area (Å²) >= 11 is 18.5. The number of halogens is 3. The van der Waals surface area contributed by atoms with E-state index in [2.05, 4.69) is 5.32 Å². The summed E-state index contributed by atoms with van der Waals surface area (Å²) in [6.07, 6.45) is -1.48. The summed E-state index contributed by atoms with van der Waals surface area (Å²) in [6, 6.07) is 21.2. The zero-order valence-electron chi connectivity index (χ0n) is 20.7. The first kappa shape index (κ1) is 29.7. The number of ether oxygens (including phenoxy) is 2. The van der Waals surface area contributed by atoms with Crippen LogP contribution in [-0.4, -0.2) is 37.7 Å². The SMILES string of the molecule is CC1C(CSc2ccccc2C(=O)O)OC(c2cccc(NC(=O)C(Cl)(Cl)Cl)c2)OC1c1ccc(CO)cc1. The minimum absolute atomic E-state index is 0.0674. The molecule has 206 valence electrons. The third-order valence-corrected chi connectivity index (χ3v) is 8.00. The minimum Gasteiger partial charge on any atom is -0.478 e. The van der Waals surface area contributed by atoms with Gasteiger partial charge in [0.05, 0.1) is 24.4 Å². The molecule has 4 atom stereocenters. The first-order chi connectivity index (χ1) is 18.6. The average Bonchev–Trinajstić information content (AvgIpc) is 2.92. The third kappa shape index (κ3) is 7.46. The lowest BCUT2D eigenvalue weighted by Crippen LogP contribution is -2.38. The number of anilines is 1. The fourth-order valence-electron chi connectivity index (χ4n) is 4.22. The number of hydrogen-bond acceptors (Lipinski definition) is 6. The number of aliphatic hydroxyl groups excluding tert-OH is 1. The topological polar surface area (TPSA) is 105 Å². The molecule has 1 amide bonds. The van der Waals surface area contributed by atoms with Crippen LogP contribution in [0.4, 0.5) is 5.69 Å². The maximum atomic E-state index is 12.2. The van der Waals surface area contributed by atoms with Crippen LogP contribution in [0.2, 0.25) is 0 Å². The Kier molecular flexibility index (Phi) is 9.82. The standard InChI is InChI=1S/C28H26Cl3NO6S/c1-16-22(15-39-23-8-3-2-7-21(23)25(34)35)37-26(38-24(16)18-11-9-17(14-33)10-12-18)19-5-4-6-20(13-19)32-27(36)28(29,30)31/h2-13,16,22,24,26,33H,14-15H2,1H3,(H,32,36)(H,34,35). The van der Waals surface area contributed by atoms with Crippen LogP contribution in [0.15, 0.2) is 77.7 Å². The summed E-state index contributed by atoms with van der Waals surface area (Å²) in [5.74, 6) is -1.41. The predicted octanol–water partition coefficient (Wildman–Crippen LogP) is 6.77. The van der Waals surface area contributed by atoms with Crippen LogP contribution in [-0.2, 0) is 20.9 Å². The highest BCUT2D eigenvalue weighted by molar-refractivity contribution is 7.99. The summed E-state index contributed by atoms with van der Waals surface area (Å²) in [7, 11) is 0. The Balaban J connectivity index is 1.61. The number of thioether (sulfide) groups is 1. The molecule has 1 fully saturated rings. The number of rotatable bonds is 8. The molecule has 1 heterocycles. The number of alkyl halides is 3. The van der Waals surface area contributed by atoms with E-state index in [0.717, 1.165) is 11.1 Å². The van der Waals surface area contributed by atoms with Crippen molar-refractivity contribution in [1.29, 1.82) is 0 Å². The van der Waals surface area contributed by atoms with Crippen molar-refractivity contribution < 1.29 is 29.3 Å². The van der Waals surface area contributed by atoms with Crippen molar-refractivity contribution >= 4 is 64.1 Å². The van der Waals surface area contributed by atoms with Crippen LogP contribution < -0.4 is 5.32 Å². The molecular weight excluding hydrogens is 585 g/mol. The van der Waals surface area contributed by atoms with Gasteiger partial charge in [-0.2, -0.15) is 0 Å². The first-order valence-corrected chi connectivity index (χ1v) is 14.1. The van der Waals surface area contributed by atoms with Crippen molar-refractivity contribution in [3.8, 4) is 0 Å². The Bertz CT molecular complexity index is 1320. The van der Waals surface area contributed by atoms with Crippen LogP contribution in [0.1, 0.15) is 46.4 Å². The van der Waals surface area contributed by atoms with Crippen molar-refractivity contribution in [2.24, 2.45) is 5.92 Å². The smallest absolute Gasteiger partial charge is 0.336 e. The van der Waals surface area contributed by atoms with E-state index in [0.29, 0.717) is 21.9 Å². The highest BCUT2D eigenvalue weighted by Crippen LogP contribution is 2.43. The predicted molar refractivity (Wildman–Crippen MR) is 152 cm³/mol. The highest BCUT2D eigenvalue weighted by Gasteiger charge is 2.39. The van der Waals surface area contributed by atoms with Gasteiger partial charge in [0.1, 0.15) is 0 Å². The Labute approximate surface area is 245 Å². The zero-order valence-corrected chi connectivity index (χ0v) is 23.8. The van der Waals surface area contributed by atoms with Gasteiger partial charge < -0.3 is 25.0 Å². The lowest BCUT2D eigenvalue weighted by atomic mass is 9.91. The molecule has 3 N–H and O–H groups in total. The molecule has 1 aliphatic heterocycles. The molecule has 11 heteroatoms. The Morgan fingerprint density at radius 3 is 2.36 bits per heavy atom. The molecule has 4 rings (SSSR count). The van der Waals surface area contributed by atoms with Gasteiger partial charge in [0.2, 0.25) is 0 Å². The second-order valence-electron chi connectivity index (χ2n) is 9.01. The summed E-state index contributed by atoms with van der Waals surface area (Å²) < 4.78 is 10.7. The fourth-order valence-corrected chi connectivity index (χ4v) is 5.57. The summed E-state index contributed by atoms with van der Waals surface area (Å²) in [6.45, 7) is 1.95. The average molecular weight is 611 g/mol. The number of carboxylic acids is 1. The maximum absolute atomic E-state index is 12.2. The van der Waals surface area contributed by atoms with E-state index in [-0.39, 0.29) is 30.3 Å². The van der Waals surface area contributed by atoms with Gasteiger partial charge in [-0.25, -0.2) is 4.79 Å². The van der Waals surface area contributed by atoms with Gasteiger partial charge in [-0.15, -0.1) is 11.8 Å². The largest absolute Gasteiger partial charge is 0.478 e. The molecule has 0 bridgehead atoms. The van der Waals surface area contributed by atoms with Gasteiger partial charge in [0.25, 0.3) is 9.70 Å². The van der Waals surface area contributed by atoms with Gasteiger partial charge in [-0.05, 0) is 35.4 Å². The molecule has 39 heavy (non-hydrogen) atoms. The van der Waals surface area contributed by atoms with Gasteiger partial charge in [-0.1, -0.05) is 90.3 Å². The Morgan fingerprint density at radius 2 is 1.69 bits per heavy atom. The van der Waals surface area contributed by atoms with Crippen molar-refractivity contribution in [2.45, 2.75) is 40.7 Å². The Morgan fingerprint density at radius 1 is 0.974 bits per heavy atom. The van der Waals surface area contributed by atoms with Gasteiger partial charge >= 0.3 is 5.97 Å². The van der Waals surface area contributed by atoms with Crippen LogP contribution in [0, 0.1) is 5.92 Å². The van der Waals surface area contributed by atoms with Gasteiger partial charge in [0, 0.05) is 27.8 Å². The number of nitrogens with one attached hydrogen (secondary N) is 1. The molecule has 4 unspecified atom stereocenters. The van der Waals surface area contributed by atoms with E-state index in [9.17, 15) is 19.8 Å². The summed E-state index contributed by atoms with van der Waals surface area (Å²) in [5.41, 5.74) is 2.97. The van der Waals surface area contributed by atoms with Crippen LogP contribution >= 0.6 is 46.6 Å². The minimum atomic E-state index is -2.12. The van der Waals surface area contributed by atoms with Crippen molar-refractivity contribution in [2.75, 3.05) is 11.1 Å². The number of aliphatic hydroxyl groups is 1. The molecule has 0 saturated carbocycles. The number of aromatic carboxylic acids is 1. The lowest BCUT2D eigenvalue weighted by Gasteiger charge is -2.41. The van der Waals surface area contributed by atoms with E-state index < -0.39 is 22.0 Å². The van der Waals surface area contributed by atoms with E-state index in [1.807, 2.05) is 37.3 Å². The number of benzene rings is 3. The number of hydrogen-bond donors (Lipinski definition) is 3. The highest BCUT2D eigenvalue weighted by atomic mass is 35.6. The normalized spacial score (nSPS) is 21.4. The molecular formula is C28H26Cl3NO6S. The van der Waals surface area contributed by atoms with Crippen LogP contribution in [0.25, 0.3) is 0 Å². The van der Waals surface area contributed by atoms with Crippen molar-refractivity contribution in [1.82, 2.24) is 0 Å². The van der Waals surface area contributed by atoms with Crippen LogP contribution in [0.5, 0.6) is 0 Å². The Hall–Kier alpha value is -2.30. The molecule has 1 aliphatic rings. The molecule has 0 aliphatic carbocycles. The molecule has 3 aromatic rings. The van der Waals surface area contributed by atoms with E-state index >= 15 is 0 Å². The van der Waals surface area contributed by atoms with Gasteiger partial charge in [-0.3, -0.25) is 4.79 Å². The maximum Gasteiger partial charge on any atom is 0.336 e. The molecule has 7 nitrogen and oxygen atoms in total. The van der Waals surface area contributed by atoms with E-state index in [4.69, 9.17) is 44.3 Å². The molecule has 0 spiro atoms.